The first-order valence-electron chi connectivity index (χ1n) is 21.2. The third kappa shape index (κ3) is 16.5. The van der Waals surface area contributed by atoms with Crippen molar-refractivity contribution in [3.05, 3.63) is 102 Å². The highest BCUT2D eigenvalue weighted by molar-refractivity contribution is 6.77. The van der Waals surface area contributed by atoms with Crippen LogP contribution < -0.4 is 23.7 Å². The molecule has 0 saturated heterocycles. The van der Waals surface area contributed by atoms with Gasteiger partial charge < -0.3 is 27.8 Å². The van der Waals surface area contributed by atoms with Gasteiger partial charge in [-0.25, -0.2) is 9.59 Å². The van der Waals surface area contributed by atoms with Gasteiger partial charge in [0.2, 0.25) is 0 Å². The molecule has 0 amide bonds. The molecule has 0 fully saturated rings. The molecule has 0 bridgehead atoms. The van der Waals surface area contributed by atoms with Gasteiger partial charge in [-0.15, -0.1) is 0 Å². The molecule has 0 aliphatic heterocycles. The summed E-state index contributed by atoms with van der Waals surface area (Å²) in [4.78, 5) is 26.4. The molecule has 0 N–H and O–H groups in total. The predicted octanol–water partition coefficient (Wildman–Crippen LogP) is 13.0. The van der Waals surface area contributed by atoms with E-state index in [2.05, 4.69) is 47.0 Å². The molecule has 0 saturated carbocycles. The Morgan fingerprint density at radius 2 is 1.14 bits per heavy atom. The van der Waals surface area contributed by atoms with Crippen molar-refractivity contribution in [3.63, 3.8) is 0 Å². The second-order valence-electron chi connectivity index (χ2n) is 15.9. The van der Waals surface area contributed by atoms with Crippen LogP contribution in [0.2, 0.25) is 32.2 Å². The van der Waals surface area contributed by atoms with E-state index in [1.54, 1.807) is 54.6 Å². The molecular weight excluding hydrogens is 761 g/mol. The first kappa shape index (κ1) is 46.3. The van der Waals surface area contributed by atoms with Crippen molar-refractivity contribution in [1.82, 2.24) is 0 Å². The topological polar surface area (TPSA) is 89.5 Å². The Morgan fingerprint density at radius 1 is 0.603 bits per heavy atom. The average molecular weight is 826 g/mol. The lowest BCUT2D eigenvalue weighted by Crippen LogP contribution is -2.34. The Hall–Kier alpha value is -4.39. The normalized spacial score (nSPS) is 11.9. The number of esters is 2. The van der Waals surface area contributed by atoms with E-state index in [0.29, 0.717) is 53.3 Å². The van der Waals surface area contributed by atoms with Gasteiger partial charge in [-0.3, -0.25) is 0 Å². The minimum atomic E-state index is -1.63. The highest BCUT2D eigenvalue weighted by atomic mass is 28.4. The van der Waals surface area contributed by atoms with Crippen LogP contribution in [0.3, 0.4) is 0 Å². The zero-order valence-electron chi connectivity index (χ0n) is 35.9. The average Bonchev–Trinajstić information content (AvgIpc) is 3.21. The summed E-state index contributed by atoms with van der Waals surface area (Å²) in [6, 6.07) is 28.1. The number of hydrogen-bond donors (Lipinski definition) is 0. The molecule has 0 aromatic heterocycles. The molecule has 0 aliphatic rings. The van der Waals surface area contributed by atoms with E-state index in [0.717, 1.165) is 61.6 Å². The second kappa shape index (κ2) is 24.5. The molecule has 4 rings (SSSR count). The zero-order valence-corrected chi connectivity index (χ0v) is 37.9. The summed E-state index contributed by atoms with van der Waals surface area (Å²) in [5, 5.41) is 0. The number of carbonyl (C=O) groups is 2. The van der Waals surface area contributed by atoms with Gasteiger partial charge in [0.1, 0.15) is 34.3 Å². The van der Waals surface area contributed by atoms with Gasteiger partial charge in [-0.1, -0.05) is 96.4 Å². The zero-order chi connectivity index (χ0) is 41.8. The molecule has 8 nitrogen and oxygen atoms in total. The molecule has 313 valence electrons. The van der Waals surface area contributed by atoms with E-state index in [1.165, 1.54) is 32.1 Å². The minimum Gasteiger partial charge on any atom is -0.494 e. The largest absolute Gasteiger partial charge is 0.494 e. The van der Waals surface area contributed by atoms with Crippen molar-refractivity contribution in [1.29, 1.82) is 0 Å². The smallest absolute Gasteiger partial charge is 0.347 e. The SMILES string of the molecule is CCCCCCCCOc1ccc(-c2ccc(OC(=O)c3ccc(OC(=O)c4ccc(OCC(C)CC)cc4OCCCCC[Si](C)(C)O[Si](C)C)cc3)cc2)cc1. The molecule has 1 unspecified atom stereocenters. The first-order valence-corrected chi connectivity index (χ1v) is 26.7. The van der Waals surface area contributed by atoms with Gasteiger partial charge in [-0.05, 0) is 123 Å². The van der Waals surface area contributed by atoms with Crippen molar-refractivity contribution in [2.24, 2.45) is 5.92 Å². The molecule has 0 spiro atoms. The minimum absolute atomic E-state index is 0.297. The van der Waals surface area contributed by atoms with E-state index in [-0.39, 0.29) is 0 Å². The Balaban J connectivity index is 1.29. The molecular formula is C48H65O8Si2. The molecule has 1 radical (unpaired) electrons. The summed E-state index contributed by atoms with van der Waals surface area (Å²) < 4.78 is 35.8. The van der Waals surface area contributed by atoms with Crippen LogP contribution in [-0.2, 0) is 4.12 Å². The number of benzene rings is 4. The summed E-state index contributed by atoms with van der Waals surface area (Å²) in [6.07, 6.45) is 11.4. The maximum atomic E-state index is 13.4. The quantitative estimate of drug-likeness (QED) is 0.0268. The van der Waals surface area contributed by atoms with Gasteiger partial charge in [0, 0.05) is 6.07 Å². The molecule has 4 aromatic carbocycles. The van der Waals surface area contributed by atoms with Gasteiger partial charge >= 0.3 is 11.9 Å². The highest BCUT2D eigenvalue weighted by Gasteiger charge is 2.23. The molecule has 0 heterocycles. The number of hydrogen-bond acceptors (Lipinski definition) is 8. The number of carbonyl (C=O) groups excluding carboxylic acids is 2. The summed E-state index contributed by atoms with van der Waals surface area (Å²) in [5.74, 6) is 1.99. The Morgan fingerprint density at radius 3 is 1.76 bits per heavy atom. The van der Waals surface area contributed by atoms with Crippen molar-refractivity contribution in [3.8, 4) is 39.9 Å². The predicted molar refractivity (Wildman–Crippen MR) is 239 cm³/mol. The van der Waals surface area contributed by atoms with Crippen LogP contribution in [0.15, 0.2) is 91.0 Å². The Labute approximate surface area is 350 Å². The summed E-state index contributed by atoms with van der Waals surface area (Å²) >= 11 is 0. The van der Waals surface area contributed by atoms with E-state index in [1.807, 2.05) is 36.4 Å². The van der Waals surface area contributed by atoms with Gasteiger partial charge in [0.15, 0.2) is 17.4 Å². The van der Waals surface area contributed by atoms with E-state index in [9.17, 15) is 9.59 Å². The monoisotopic (exact) mass is 825 g/mol. The third-order valence-corrected chi connectivity index (χ3v) is 15.3. The van der Waals surface area contributed by atoms with Crippen molar-refractivity contribution in [2.45, 2.75) is 117 Å². The summed E-state index contributed by atoms with van der Waals surface area (Å²) in [7, 11) is -2.33. The van der Waals surface area contributed by atoms with Crippen LogP contribution in [0.4, 0.5) is 0 Å². The van der Waals surface area contributed by atoms with E-state index < -0.39 is 29.3 Å². The number of rotatable bonds is 26. The van der Waals surface area contributed by atoms with Crippen LogP contribution in [0.1, 0.15) is 106 Å². The standard InChI is InChI=1S/C48H65O8Si2/c1-8-10-11-12-13-15-32-51-41-24-18-38(19-25-41)39-20-26-42(27-21-39)54-47(49)40-22-28-43(29-23-40)55-48(50)45-31-30-44(53-36-37(3)9-2)35-46(45)52-33-16-14-17-34-58(6,7)56-57(4)5/h18-31,35,37H,8-17,32-34,36H2,1-7H3. The van der Waals surface area contributed by atoms with Gasteiger partial charge in [-0.2, -0.15) is 0 Å². The Kier molecular flexibility index (Phi) is 19.6. The fourth-order valence-corrected chi connectivity index (χ4v) is 12.3. The maximum absolute atomic E-state index is 13.4. The lowest BCUT2D eigenvalue weighted by Gasteiger charge is -2.25. The molecule has 1 atom stereocenters. The van der Waals surface area contributed by atoms with Crippen molar-refractivity contribution in [2.75, 3.05) is 19.8 Å². The lowest BCUT2D eigenvalue weighted by atomic mass is 10.1. The van der Waals surface area contributed by atoms with Crippen LogP contribution in [0, 0.1) is 5.92 Å². The molecule has 58 heavy (non-hydrogen) atoms. The number of ether oxygens (including phenoxy) is 5. The molecule has 10 heteroatoms. The van der Waals surface area contributed by atoms with Crippen molar-refractivity contribution >= 4 is 29.3 Å². The van der Waals surface area contributed by atoms with Crippen LogP contribution in [0.5, 0.6) is 28.7 Å². The highest BCUT2D eigenvalue weighted by Crippen LogP contribution is 2.29. The Bertz CT molecular complexity index is 1810. The lowest BCUT2D eigenvalue weighted by molar-refractivity contribution is 0.0727. The molecule has 4 aromatic rings. The summed E-state index contributed by atoms with van der Waals surface area (Å²) in [6.45, 7) is 17.2. The second-order valence-corrected chi connectivity index (χ2v) is 22.5. The fraction of sp³-hybridized carbons (Fsp3) is 0.458. The van der Waals surface area contributed by atoms with Crippen LogP contribution in [0.25, 0.3) is 11.1 Å². The van der Waals surface area contributed by atoms with Gasteiger partial charge in [0.25, 0.3) is 0 Å². The van der Waals surface area contributed by atoms with Crippen LogP contribution >= 0.6 is 0 Å². The summed E-state index contributed by atoms with van der Waals surface area (Å²) in [5.41, 5.74) is 2.68. The molecule has 0 aliphatic carbocycles. The fourth-order valence-electron chi connectivity index (χ4n) is 6.37. The van der Waals surface area contributed by atoms with E-state index in [4.69, 9.17) is 27.8 Å². The van der Waals surface area contributed by atoms with Gasteiger partial charge in [0.05, 0.1) is 25.4 Å². The third-order valence-electron chi connectivity index (χ3n) is 9.89. The van der Waals surface area contributed by atoms with E-state index >= 15 is 0 Å². The first-order chi connectivity index (χ1) is 28.0. The number of unbranched alkanes of at least 4 members (excludes halogenated alkanes) is 7. The maximum Gasteiger partial charge on any atom is 0.347 e. The van der Waals surface area contributed by atoms with Crippen LogP contribution in [-0.4, -0.2) is 49.1 Å². The van der Waals surface area contributed by atoms with Crippen molar-refractivity contribution < 1.29 is 37.4 Å².